The van der Waals surface area contributed by atoms with Gasteiger partial charge >= 0.3 is 0 Å². The van der Waals surface area contributed by atoms with E-state index in [1.807, 2.05) is 11.5 Å². The minimum Gasteiger partial charge on any atom is -0.356 e. The van der Waals surface area contributed by atoms with Crippen LogP contribution in [0, 0.1) is 13.8 Å². The van der Waals surface area contributed by atoms with Crippen LogP contribution in [0.25, 0.3) is 0 Å². The molecule has 0 saturated carbocycles. The van der Waals surface area contributed by atoms with Crippen molar-refractivity contribution in [1.29, 1.82) is 0 Å². The lowest BCUT2D eigenvalue weighted by atomic mass is 10.3. The van der Waals surface area contributed by atoms with Crippen LogP contribution in [0.5, 0.6) is 0 Å². The summed E-state index contributed by atoms with van der Waals surface area (Å²) in [5, 5.41) is 15.3. The summed E-state index contributed by atoms with van der Waals surface area (Å²) in [5.74, 6) is 0.815. The molecule has 0 radical (unpaired) electrons. The third-order valence-electron chi connectivity index (χ3n) is 3.31. The van der Waals surface area contributed by atoms with E-state index in [-0.39, 0.29) is 24.0 Å². The Kier molecular flexibility index (Phi) is 9.07. The smallest absolute Gasteiger partial charge is 0.191 e. The molecule has 2 aromatic heterocycles. The maximum Gasteiger partial charge on any atom is 0.191 e. The van der Waals surface area contributed by atoms with Gasteiger partial charge in [-0.05, 0) is 26.7 Å². The minimum absolute atomic E-state index is 0. The molecule has 0 aliphatic heterocycles. The molecule has 9 heteroatoms. The fourth-order valence-electron chi connectivity index (χ4n) is 1.96. The first-order chi connectivity index (χ1) is 10.7. The van der Waals surface area contributed by atoms with Gasteiger partial charge in [-0.15, -0.1) is 45.5 Å². The number of halogens is 1. The first-order valence-electron chi connectivity index (χ1n) is 7.39. The summed E-state index contributed by atoms with van der Waals surface area (Å²) in [7, 11) is 1.78. The number of thiazole rings is 1. The third kappa shape index (κ3) is 6.81. The maximum atomic E-state index is 4.51. The molecule has 0 fully saturated rings. The van der Waals surface area contributed by atoms with Crippen LogP contribution in [0.4, 0.5) is 0 Å². The molecular weight excluding hydrogens is 425 g/mol. The van der Waals surface area contributed by atoms with Gasteiger partial charge in [-0.3, -0.25) is 4.99 Å². The van der Waals surface area contributed by atoms with Gasteiger partial charge in [0.25, 0.3) is 0 Å². The summed E-state index contributed by atoms with van der Waals surface area (Å²) >= 11 is 1.73. The zero-order valence-electron chi connectivity index (χ0n) is 13.7. The second kappa shape index (κ2) is 10.5. The zero-order chi connectivity index (χ0) is 15.8. The third-order valence-corrected chi connectivity index (χ3v) is 4.38. The van der Waals surface area contributed by atoms with E-state index in [2.05, 4.69) is 37.7 Å². The number of hydrogen-bond acceptors (Lipinski definition) is 5. The number of aliphatic imine (C=N–C) groups is 1. The molecule has 128 valence electrons. The number of guanidine groups is 1. The van der Waals surface area contributed by atoms with E-state index in [4.69, 9.17) is 0 Å². The van der Waals surface area contributed by atoms with E-state index in [9.17, 15) is 0 Å². The predicted octanol–water partition coefficient (Wildman–Crippen LogP) is 2.11. The Labute approximate surface area is 158 Å². The number of unbranched alkanes of at least 4 members (excludes halogenated alkanes) is 1. The van der Waals surface area contributed by atoms with Crippen molar-refractivity contribution in [3.8, 4) is 0 Å². The van der Waals surface area contributed by atoms with E-state index >= 15 is 0 Å². The Morgan fingerprint density at radius 2 is 1.96 bits per heavy atom. The summed E-state index contributed by atoms with van der Waals surface area (Å²) < 4.78 is 1.99. The first kappa shape index (κ1) is 19.8. The fourth-order valence-corrected chi connectivity index (χ4v) is 2.83. The first-order valence-corrected chi connectivity index (χ1v) is 8.20. The highest BCUT2D eigenvalue weighted by atomic mass is 127. The van der Waals surface area contributed by atoms with Crippen molar-refractivity contribution >= 4 is 41.3 Å². The predicted molar refractivity (Wildman–Crippen MR) is 104 cm³/mol. The Morgan fingerprint density at radius 1 is 1.22 bits per heavy atom. The fraction of sp³-hybridized carbons (Fsp3) is 0.571. The van der Waals surface area contributed by atoms with Crippen LogP contribution in [0.1, 0.15) is 28.4 Å². The van der Waals surface area contributed by atoms with Crippen molar-refractivity contribution in [3.05, 3.63) is 28.2 Å². The van der Waals surface area contributed by atoms with Gasteiger partial charge in [-0.2, -0.15) is 0 Å². The molecule has 23 heavy (non-hydrogen) atoms. The van der Waals surface area contributed by atoms with E-state index in [1.54, 1.807) is 31.0 Å². The minimum atomic E-state index is 0. The number of aryl methyl sites for hydroxylation is 3. The lowest BCUT2D eigenvalue weighted by molar-refractivity contribution is 0.597. The molecule has 0 bridgehead atoms. The molecule has 2 rings (SSSR count). The Bertz CT molecular complexity index is 575. The van der Waals surface area contributed by atoms with Gasteiger partial charge in [0.15, 0.2) is 5.96 Å². The van der Waals surface area contributed by atoms with E-state index in [0.717, 1.165) is 42.6 Å². The van der Waals surface area contributed by atoms with E-state index in [1.165, 1.54) is 4.88 Å². The molecule has 2 heterocycles. The molecular formula is C14H24IN7S. The van der Waals surface area contributed by atoms with Crippen LogP contribution in [0.3, 0.4) is 0 Å². The van der Waals surface area contributed by atoms with E-state index in [0.29, 0.717) is 6.54 Å². The number of nitrogens with one attached hydrogen (secondary N) is 2. The highest BCUT2D eigenvalue weighted by Gasteiger charge is 2.04. The van der Waals surface area contributed by atoms with Crippen molar-refractivity contribution in [2.24, 2.45) is 4.99 Å². The molecule has 2 N–H and O–H groups in total. The van der Waals surface area contributed by atoms with Gasteiger partial charge in [0.05, 0.1) is 12.2 Å². The molecule has 0 unspecified atom stereocenters. The summed E-state index contributed by atoms with van der Waals surface area (Å²) in [6, 6.07) is 0. The molecule has 0 saturated heterocycles. The topological polar surface area (TPSA) is 80.0 Å². The van der Waals surface area contributed by atoms with Gasteiger partial charge in [0, 0.05) is 25.0 Å². The van der Waals surface area contributed by atoms with Crippen LogP contribution in [-0.4, -0.2) is 39.3 Å². The van der Waals surface area contributed by atoms with Gasteiger partial charge < -0.3 is 15.2 Å². The van der Waals surface area contributed by atoms with Crippen LogP contribution in [0.2, 0.25) is 0 Å². The van der Waals surface area contributed by atoms with Crippen LogP contribution in [0.15, 0.2) is 17.6 Å². The Hall–Kier alpha value is -1.23. The quantitative estimate of drug-likeness (QED) is 0.293. The van der Waals surface area contributed by atoms with Crippen molar-refractivity contribution in [1.82, 2.24) is 30.4 Å². The van der Waals surface area contributed by atoms with Gasteiger partial charge in [0.2, 0.25) is 0 Å². The number of rotatable bonds is 7. The maximum absolute atomic E-state index is 4.51. The van der Waals surface area contributed by atoms with Crippen molar-refractivity contribution < 1.29 is 0 Å². The van der Waals surface area contributed by atoms with Gasteiger partial charge in [0.1, 0.15) is 17.7 Å². The lowest BCUT2D eigenvalue weighted by Crippen LogP contribution is -2.37. The van der Waals surface area contributed by atoms with Crippen molar-refractivity contribution in [3.63, 3.8) is 0 Å². The average molecular weight is 449 g/mol. The number of aromatic nitrogens is 4. The van der Waals surface area contributed by atoms with Crippen LogP contribution < -0.4 is 10.6 Å². The Morgan fingerprint density at radius 3 is 2.57 bits per heavy atom. The van der Waals surface area contributed by atoms with Crippen molar-refractivity contribution in [2.75, 3.05) is 13.6 Å². The largest absolute Gasteiger partial charge is 0.356 e. The highest BCUT2D eigenvalue weighted by molar-refractivity contribution is 14.0. The number of nitrogens with zero attached hydrogens (tertiary/aromatic N) is 5. The summed E-state index contributed by atoms with van der Waals surface area (Å²) in [5.41, 5.74) is 1.11. The van der Waals surface area contributed by atoms with Crippen molar-refractivity contribution in [2.45, 2.75) is 39.8 Å². The van der Waals surface area contributed by atoms with Crippen LogP contribution >= 0.6 is 35.3 Å². The second-order valence-electron chi connectivity index (χ2n) is 5.01. The molecule has 0 aliphatic carbocycles. The normalized spacial score (nSPS) is 11.2. The van der Waals surface area contributed by atoms with Gasteiger partial charge in [-0.25, -0.2) is 4.98 Å². The zero-order valence-corrected chi connectivity index (χ0v) is 16.9. The summed E-state index contributed by atoms with van der Waals surface area (Å²) in [4.78, 5) is 10.0. The molecule has 2 aromatic rings. The lowest BCUT2D eigenvalue weighted by Gasteiger charge is -2.10. The summed E-state index contributed by atoms with van der Waals surface area (Å²) in [6.07, 6.45) is 5.62. The highest BCUT2D eigenvalue weighted by Crippen LogP contribution is 2.15. The molecule has 0 amide bonds. The van der Waals surface area contributed by atoms with Gasteiger partial charge in [-0.1, -0.05) is 0 Å². The Balaban J connectivity index is 0.00000264. The molecule has 0 aromatic carbocycles. The van der Waals surface area contributed by atoms with E-state index < -0.39 is 0 Å². The standard InChI is InChI=1S/C14H23N7S.HI/c1-11-12(2)22-13(20-11)8-17-14(15-3)16-6-4-5-7-21-9-18-19-10-21;/h9-10H,4-8H2,1-3H3,(H2,15,16,17);1H. The number of hydrogen-bond donors (Lipinski definition) is 2. The molecule has 0 atom stereocenters. The molecule has 0 aliphatic rings. The second-order valence-corrected chi connectivity index (χ2v) is 6.30. The molecule has 0 spiro atoms. The SMILES string of the molecule is CN=C(NCCCCn1cnnc1)NCc1nc(C)c(C)s1.I. The average Bonchev–Trinajstić information content (AvgIpc) is 3.12. The monoisotopic (exact) mass is 449 g/mol. The molecule has 7 nitrogen and oxygen atoms in total. The summed E-state index contributed by atoms with van der Waals surface area (Å²) in [6.45, 7) is 6.67. The van der Waals surface area contributed by atoms with Crippen LogP contribution in [-0.2, 0) is 13.1 Å².